The average molecular weight is 317 g/mol. The number of nitrogens with one attached hydrogen (secondary N) is 1. The maximum atomic E-state index is 13.6. The second kappa shape index (κ2) is 5.81. The highest BCUT2D eigenvalue weighted by Crippen LogP contribution is 2.34. The predicted octanol–water partition coefficient (Wildman–Crippen LogP) is 4.74. The number of anilines is 1. The van der Waals surface area contributed by atoms with Crippen LogP contribution in [0.15, 0.2) is 42.5 Å². The van der Waals surface area contributed by atoms with Crippen LogP contribution in [0.3, 0.4) is 0 Å². The lowest BCUT2D eigenvalue weighted by Crippen LogP contribution is -1.97. The maximum absolute atomic E-state index is 13.6. The molecule has 0 atom stereocenters. The van der Waals surface area contributed by atoms with Gasteiger partial charge in [0.1, 0.15) is 0 Å². The number of pyridine rings is 1. The van der Waals surface area contributed by atoms with Crippen LogP contribution in [-0.4, -0.2) is 19.1 Å². The van der Waals surface area contributed by atoms with E-state index in [1.807, 2.05) is 25.2 Å². The molecule has 112 valence electrons. The van der Waals surface area contributed by atoms with Gasteiger partial charge in [-0.2, -0.15) is 0 Å². The van der Waals surface area contributed by atoms with E-state index < -0.39 is 5.82 Å². The van der Waals surface area contributed by atoms with Crippen molar-refractivity contribution >= 4 is 28.2 Å². The van der Waals surface area contributed by atoms with Crippen molar-refractivity contribution in [3.63, 3.8) is 0 Å². The zero-order valence-corrected chi connectivity index (χ0v) is 12.9. The zero-order chi connectivity index (χ0) is 15.7. The monoisotopic (exact) mass is 316 g/mol. The van der Waals surface area contributed by atoms with Crippen molar-refractivity contribution in [2.45, 2.75) is 0 Å². The van der Waals surface area contributed by atoms with Crippen LogP contribution in [0.2, 0.25) is 5.02 Å². The molecule has 1 heterocycles. The minimum atomic E-state index is -0.406. The Labute approximate surface area is 132 Å². The van der Waals surface area contributed by atoms with Gasteiger partial charge in [-0.3, -0.25) is 0 Å². The molecule has 5 heteroatoms. The van der Waals surface area contributed by atoms with E-state index in [0.717, 1.165) is 16.6 Å². The van der Waals surface area contributed by atoms with E-state index in [-0.39, 0.29) is 5.75 Å². The Kier molecular flexibility index (Phi) is 3.86. The van der Waals surface area contributed by atoms with Gasteiger partial charge in [0.2, 0.25) is 0 Å². The standard InChI is InChI=1S/C17H14ClFN2O/c1-20-14-8-10-4-3-5-12(18)16(10)21-17(14)11-6-7-13(19)15(9-11)22-2/h3-9,20H,1-2H3. The minimum Gasteiger partial charge on any atom is -0.494 e. The van der Waals surface area contributed by atoms with E-state index in [1.54, 1.807) is 18.2 Å². The highest BCUT2D eigenvalue weighted by Gasteiger charge is 2.12. The minimum absolute atomic E-state index is 0.181. The van der Waals surface area contributed by atoms with Gasteiger partial charge in [0.25, 0.3) is 0 Å². The molecule has 0 spiro atoms. The van der Waals surface area contributed by atoms with Gasteiger partial charge in [0.05, 0.1) is 29.0 Å². The summed E-state index contributed by atoms with van der Waals surface area (Å²) in [7, 11) is 3.25. The van der Waals surface area contributed by atoms with Crippen molar-refractivity contribution in [1.29, 1.82) is 0 Å². The lowest BCUT2D eigenvalue weighted by Gasteiger charge is -2.12. The first kappa shape index (κ1) is 14.6. The molecule has 0 bridgehead atoms. The Morgan fingerprint density at radius 1 is 1.18 bits per heavy atom. The van der Waals surface area contributed by atoms with Gasteiger partial charge in [0, 0.05) is 18.0 Å². The maximum Gasteiger partial charge on any atom is 0.165 e. The Morgan fingerprint density at radius 3 is 2.73 bits per heavy atom. The van der Waals surface area contributed by atoms with E-state index in [4.69, 9.17) is 16.3 Å². The molecule has 0 unspecified atom stereocenters. The number of halogens is 2. The van der Waals surface area contributed by atoms with E-state index in [0.29, 0.717) is 16.2 Å². The third-order valence-corrected chi connectivity index (χ3v) is 3.80. The molecule has 0 fully saturated rings. The summed E-state index contributed by atoms with van der Waals surface area (Å²) in [5, 5.41) is 4.64. The summed E-state index contributed by atoms with van der Waals surface area (Å²) in [6.07, 6.45) is 0. The van der Waals surface area contributed by atoms with E-state index in [9.17, 15) is 4.39 Å². The molecule has 22 heavy (non-hydrogen) atoms. The van der Waals surface area contributed by atoms with Crippen molar-refractivity contribution in [3.05, 3.63) is 53.3 Å². The van der Waals surface area contributed by atoms with Gasteiger partial charge in [-0.15, -0.1) is 0 Å². The number of rotatable bonds is 3. The Morgan fingerprint density at radius 2 is 2.00 bits per heavy atom. The number of aromatic nitrogens is 1. The van der Waals surface area contributed by atoms with Crippen LogP contribution in [-0.2, 0) is 0 Å². The van der Waals surface area contributed by atoms with Gasteiger partial charge in [0.15, 0.2) is 11.6 Å². The molecule has 3 rings (SSSR count). The summed E-state index contributed by atoms with van der Waals surface area (Å²) in [5.41, 5.74) is 3.00. The molecule has 0 aliphatic rings. The summed E-state index contributed by atoms with van der Waals surface area (Å²) in [6.45, 7) is 0. The van der Waals surface area contributed by atoms with Crippen molar-refractivity contribution < 1.29 is 9.13 Å². The molecule has 0 saturated carbocycles. The summed E-state index contributed by atoms with van der Waals surface area (Å²) in [5.74, 6) is -0.225. The molecule has 1 aromatic heterocycles. The topological polar surface area (TPSA) is 34.2 Å². The number of fused-ring (bicyclic) bond motifs is 1. The van der Waals surface area contributed by atoms with Crippen LogP contribution in [0, 0.1) is 5.82 Å². The normalized spacial score (nSPS) is 10.7. The molecule has 3 aromatic rings. The van der Waals surface area contributed by atoms with Crippen LogP contribution in [0.4, 0.5) is 10.1 Å². The van der Waals surface area contributed by atoms with Crippen LogP contribution >= 0.6 is 11.6 Å². The summed E-state index contributed by atoms with van der Waals surface area (Å²) in [6, 6.07) is 12.3. The van der Waals surface area contributed by atoms with Gasteiger partial charge in [-0.1, -0.05) is 23.7 Å². The number of nitrogens with zero attached hydrogens (tertiary/aromatic N) is 1. The smallest absolute Gasteiger partial charge is 0.165 e. The highest BCUT2D eigenvalue weighted by atomic mass is 35.5. The molecule has 0 aliphatic carbocycles. The molecular weight excluding hydrogens is 303 g/mol. The summed E-state index contributed by atoms with van der Waals surface area (Å²) in [4.78, 5) is 4.65. The molecule has 0 saturated heterocycles. The molecule has 1 N–H and O–H groups in total. The van der Waals surface area contributed by atoms with E-state index in [2.05, 4.69) is 10.3 Å². The predicted molar refractivity (Wildman–Crippen MR) is 88.2 cm³/mol. The first-order valence-electron chi connectivity index (χ1n) is 6.75. The number of para-hydroxylation sites is 1. The zero-order valence-electron chi connectivity index (χ0n) is 12.2. The molecule has 3 nitrogen and oxygen atoms in total. The second-order valence-electron chi connectivity index (χ2n) is 4.80. The summed E-state index contributed by atoms with van der Waals surface area (Å²) >= 11 is 6.23. The highest BCUT2D eigenvalue weighted by molar-refractivity contribution is 6.35. The van der Waals surface area contributed by atoms with Crippen LogP contribution in [0.5, 0.6) is 5.75 Å². The number of benzene rings is 2. The third-order valence-electron chi connectivity index (χ3n) is 3.49. The number of hydrogen-bond acceptors (Lipinski definition) is 3. The fraction of sp³-hybridized carbons (Fsp3) is 0.118. The first-order valence-corrected chi connectivity index (χ1v) is 7.12. The van der Waals surface area contributed by atoms with Crippen molar-refractivity contribution in [2.24, 2.45) is 0 Å². The van der Waals surface area contributed by atoms with Crippen molar-refractivity contribution in [2.75, 3.05) is 19.5 Å². The molecular formula is C17H14ClFN2O. The van der Waals surface area contributed by atoms with Crippen LogP contribution < -0.4 is 10.1 Å². The van der Waals surface area contributed by atoms with Crippen LogP contribution in [0.25, 0.3) is 22.2 Å². The number of ether oxygens (including phenoxy) is 1. The van der Waals surface area contributed by atoms with Gasteiger partial charge in [-0.05, 0) is 30.3 Å². The average Bonchev–Trinajstić information content (AvgIpc) is 2.54. The van der Waals surface area contributed by atoms with Gasteiger partial charge < -0.3 is 10.1 Å². The number of methoxy groups -OCH3 is 1. The first-order chi connectivity index (χ1) is 10.6. The van der Waals surface area contributed by atoms with E-state index >= 15 is 0 Å². The lowest BCUT2D eigenvalue weighted by atomic mass is 10.1. The number of hydrogen-bond donors (Lipinski definition) is 1. The fourth-order valence-corrected chi connectivity index (χ4v) is 2.60. The largest absolute Gasteiger partial charge is 0.494 e. The summed E-state index contributed by atoms with van der Waals surface area (Å²) < 4.78 is 18.6. The van der Waals surface area contributed by atoms with E-state index in [1.165, 1.54) is 13.2 Å². The Balaban J connectivity index is 2.27. The third kappa shape index (κ3) is 2.46. The lowest BCUT2D eigenvalue weighted by molar-refractivity contribution is 0.387. The Hall–Kier alpha value is -2.33. The quantitative estimate of drug-likeness (QED) is 0.757. The fourth-order valence-electron chi connectivity index (χ4n) is 2.38. The Bertz CT molecular complexity index is 851. The molecule has 2 aromatic carbocycles. The van der Waals surface area contributed by atoms with Crippen LogP contribution in [0.1, 0.15) is 0 Å². The molecule has 0 amide bonds. The molecule has 0 aliphatic heterocycles. The van der Waals surface area contributed by atoms with Gasteiger partial charge >= 0.3 is 0 Å². The second-order valence-corrected chi connectivity index (χ2v) is 5.20. The SMILES string of the molecule is CNc1cc2cccc(Cl)c2nc1-c1ccc(F)c(OC)c1. The van der Waals surface area contributed by atoms with Crippen molar-refractivity contribution in [3.8, 4) is 17.0 Å². The van der Waals surface area contributed by atoms with Crippen molar-refractivity contribution in [1.82, 2.24) is 4.98 Å². The van der Waals surface area contributed by atoms with Gasteiger partial charge in [-0.25, -0.2) is 9.37 Å². The molecule has 0 radical (unpaired) electrons.